The minimum Gasteiger partial charge on any atom is -0.379 e. The van der Waals surface area contributed by atoms with Gasteiger partial charge in [-0.3, -0.25) is 0 Å². The van der Waals surface area contributed by atoms with E-state index < -0.39 is 0 Å². The van der Waals surface area contributed by atoms with Crippen LogP contribution in [0, 0.1) is 11.3 Å². The highest BCUT2D eigenvalue weighted by atomic mass is 16.5. The first-order valence-electron chi connectivity index (χ1n) is 8.35. The summed E-state index contributed by atoms with van der Waals surface area (Å²) in [4.78, 5) is 0. The topological polar surface area (TPSA) is 30.5 Å². The molecule has 1 rings (SSSR count). The lowest BCUT2D eigenvalue weighted by Crippen LogP contribution is -2.48. The molecule has 0 amide bonds. The van der Waals surface area contributed by atoms with Crippen LogP contribution in [0.5, 0.6) is 0 Å². The molecule has 1 aliphatic carbocycles. The normalized spacial score (nSPS) is 29.4. The summed E-state index contributed by atoms with van der Waals surface area (Å²) < 4.78 is 11.8. The maximum atomic E-state index is 6.30. The molecule has 20 heavy (non-hydrogen) atoms. The van der Waals surface area contributed by atoms with Gasteiger partial charge in [0.25, 0.3) is 0 Å². The summed E-state index contributed by atoms with van der Waals surface area (Å²) in [5.74, 6) is 0.752. The Morgan fingerprint density at radius 1 is 1.20 bits per heavy atom. The van der Waals surface area contributed by atoms with E-state index in [0.717, 1.165) is 25.5 Å². The van der Waals surface area contributed by atoms with Gasteiger partial charge in [0.2, 0.25) is 0 Å². The van der Waals surface area contributed by atoms with Gasteiger partial charge < -0.3 is 14.8 Å². The van der Waals surface area contributed by atoms with Crippen molar-refractivity contribution in [1.29, 1.82) is 0 Å². The summed E-state index contributed by atoms with van der Waals surface area (Å²) >= 11 is 0. The summed E-state index contributed by atoms with van der Waals surface area (Å²) in [7, 11) is 0. The Morgan fingerprint density at radius 3 is 2.45 bits per heavy atom. The first-order chi connectivity index (χ1) is 9.38. The smallest absolute Gasteiger partial charge is 0.0785 e. The average Bonchev–Trinajstić information content (AvgIpc) is 2.37. The van der Waals surface area contributed by atoms with Crippen LogP contribution in [0.3, 0.4) is 0 Å². The first kappa shape index (κ1) is 17.9. The van der Waals surface area contributed by atoms with Crippen molar-refractivity contribution in [2.45, 2.75) is 79.1 Å². The minimum absolute atomic E-state index is 0.180. The first-order valence-corrected chi connectivity index (χ1v) is 8.35. The quantitative estimate of drug-likeness (QED) is 0.775. The van der Waals surface area contributed by atoms with Crippen molar-refractivity contribution in [2.75, 3.05) is 19.8 Å². The lowest BCUT2D eigenvalue weighted by molar-refractivity contribution is -0.0868. The van der Waals surface area contributed by atoms with Crippen LogP contribution in [0.4, 0.5) is 0 Å². The van der Waals surface area contributed by atoms with E-state index in [1.54, 1.807) is 0 Å². The molecule has 1 aliphatic rings. The third-order valence-corrected chi connectivity index (χ3v) is 4.45. The predicted molar refractivity (Wildman–Crippen MR) is 85.1 cm³/mol. The summed E-state index contributed by atoms with van der Waals surface area (Å²) in [5, 5.41) is 3.60. The molecule has 4 atom stereocenters. The van der Waals surface area contributed by atoms with Gasteiger partial charge in [0.05, 0.1) is 18.8 Å². The van der Waals surface area contributed by atoms with E-state index in [4.69, 9.17) is 9.47 Å². The van der Waals surface area contributed by atoms with Crippen LogP contribution in [0.2, 0.25) is 0 Å². The summed E-state index contributed by atoms with van der Waals surface area (Å²) in [6, 6.07) is 0.502. The van der Waals surface area contributed by atoms with Crippen LogP contribution in [-0.4, -0.2) is 38.0 Å². The summed E-state index contributed by atoms with van der Waals surface area (Å²) in [6.07, 6.45) is 4.20. The van der Waals surface area contributed by atoms with Crippen molar-refractivity contribution in [3.63, 3.8) is 0 Å². The molecule has 120 valence electrons. The van der Waals surface area contributed by atoms with Crippen molar-refractivity contribution >= 4 is 0 Å². The van der Waals surface area contributed by atoms with Crippen LogP contribution in [0.15, 0.2) is 0 Å². The van der Waals surface area contributed by atoms with Gasteiger partial charge in [0, 0.05) is 12.6 Å². The van der Waals surface area contributed by atoms with E-state index >= 15 is 0 Å². The molecule has 0 spiro atoms. The second kappa shape index (κ2) is 8.35. The Balaban J connectivity index is 2.58. The summed E-state index contributed by atoms with van der Waals surface area (Å²) in [6.45, 7) is 15.9. The van der Waals surface area contributed by atoms with Crippen molar-refractivity contribution in [2.24, 2.45) is 11.3 Å². The highest BCUT2D eigenvalue weighted by Crippen LogP contribution is 2.39. The fourth-order valence-corrected chi connectivity index (χ4v) is 3.18. The van der Waals surface area contributed by atoms with E-state index in [1.807, 2.05) is 6.92 Å². The van der Waals surface area contributed by atoms with Gasteiger partial charge in [-0.25, -0.2) is 0 Å². The zero-order valence-corrected chi connectivity index (χ0v) is 14.4. The Bertz CT molecular complexity index is 262. The van der Waals surface area contributed by atoms with Crippen molar-refractivity contribution in [1.82, 2.24) is 5.32 Å². The molecular formula is C17H35NO2. The highest BCUT2D eigenvalue weighted by Gasteiger charge is 2.36. The fraction of sp³-hybridized carbons (Fsp3) is 1.00. The van der Waals surface area contributed by atoms with Gasteiger partial charge in [-0.15, -0.1) is 0 Å². The monoisotopic (exact) mass is 285 g/mol. The van der Waals surface area contributed by atoms with Crippen LogP contribution in [-0.2, 0) is 9.47 Å². The largest absolute Gasteiger partial charge is 0.379 e. The lowest BCUT2D eigenvalue weighted by Gasteiger charge is -2.42. The third-order valence-electron chi connectivity index (χ3n) is 4.45. The minimum atomic E-state index is 0.180. The van der Waals surface area contributed by atoms with Gasteiger partial charge in [-0.05, 0) is 51.0 Å². The molecule has 0 saturated heterocycles. The Morgan fingerprint density at radius 2 is 1.90 bits per heavy atom. The molecule has 0 bridgehead atoms. The van der Waals surface area contributed by atoms with Gasteiger partial charge in [0.15, 0.2) is 0 Å². The molecule has 0 aromatic heterocycles. The molecule has 1 saturated carbocycles. The zero-order chi connectivity index (χ0) is 15.2. The van der Waals surface area contributed by atoms with Crippen LogP contribution >= 0.6 is 0 Å². The molecule has 0 aliphatic heterocycles. The van der Waals surface area contributed by atoms with E-state index in [2.05, 4.69) is 39.9 Å². The fourth-order valence-electron chi connectivity index (χ4n) is 3.18. The van der Waals surface area contributed by atoms with E-state index in [-0.39, 0.29) is 6.10 Å². The third kappa shape index (κ3) is 5.71. The number of rotatable bonds is 7. The molecule has 0 aromatic rings. The van der Waals surface area contributed by atoms with Gasteiger partial charge >= 0.3 is 0 Å². The molecule has 0 aromatic carbocycles. The number of hydrogen-bond donors (Lipinski definition) is 1. The molecular weight excluding hydrogens is 250 g/mol. The number of likely N-dealkylation sites (N-methyl/N-ethyl adjacent to an activating group) is 1. The average molecular weight is 285 g/mol. The van der Waals surface area contributed by atoms with Crippen LogP contribution < -0.4 is 5.32 Å². The summed E-state index contributed by atoms with van der Waals surface area (Å²) in [5.41, 5.74) is 0.377. The molecule has 4 unspecified atom stereocenters. The highest BCUT2D eigenvalue weighted by molar-refractivity contribution is 4.90. The molecule has 3 nitrogen and oxygen atoms in total. The number of ether oxygens (including phenoxy) is 2. The maximum absolute atomic E-state index is 6.30. The molecule has 0 radical (unpaired) electrons. The second-order valence-electron chi connectivity index (χ2n) is 7.18. The van der Waals surface area contributed by atoms with Crippen LogP contribution in [0.1, 0.15) is 60.8 Å². The molecule has 3 heteroatoms. The van der Waals surface area contributed by atoms with Gasteiger partial charge in [-0.2, -0.15) is 0 Å². The zero-order valence-electron chi connectivity index (χ0n) is 14.4. The van der Waals surface area contributed by atoms with Crippen molar-refractivity contribution < 1.29 is 9.47 Å². The number of nitrogens with one attached hydrogen (secondary N) is 1. The van der Waals surface area contributed by atoms with E-state index in [0.29, 0.717) is 24.2 Å². The van der Waals surface area contributed by atoms with Crippen molar-refractivity contribution in [3.05, 3.63) is 0 Å². The molecule has 1 N–H and O–H groups in total. The van der Waals surface area contributed by atoms with Gasteiger partial charge in [-0.1, -0.05) is 27.7 Å². The Kier molecular flexibility index (Phi) is 7.49. The SMILES string of the molecule is CCNC1CCC(C(C)(C)C)CC1OC(C)COCC. The Hall–Kier alpha value is -0.120. The maximum Gasteiger partial charge on any atom is 0.0785 e. The Labute approximate surface area is 125 Å². The van der Waals surface area contributed by atoms with Crippen LogP contribution in [0.25, 0.3) is 0 Å². The van der Waals surface area contributed by atoms with E-state index in [9.17, 15) is 0 Å². The lowest BCUT2D eigenvalue weighted by atomic mass is 9.70. The standard InChI is InChI=1S/C17H35NO2/c1-7-18-15-10-9-14(17(4,5)6)11-16(15)20-13(3)12-19-8-2/h13-16,18H,7-12H2,1-6H3. The number of hydrogen-bond acceptors (Lipinski definition) is 3. The molecule has 1 fully saturated rings. The molecule has 0 heterocycles. The van der Waals surface area contributed by atoms with Gasteiger partial charge in [0.1, 0.15) is 0 Å². The predicted octanol–water partition coefficient (Wildman–Crippen LogP) is 3.62. The van der Waals surface area contributed by atoms with Crippen molar-refractivity contribution in [3.8, 4) is 0 Å². The second-order valence-corrected chi connectivity index (χ2v) is 7.18. The van der Waals surface area contributed by atoms with E-state index in [1.165, 1.54) is 12.8 Å².